The summed E-state index contributed by atoms with van der Waals surface area (Å²) in [6.07, 6.45) is 32.3. The molecule has 0 saturated heterocycles. The van der Waals surface area contributed by atoms with Crippen LogP contribution in [0.1, 0.15) is 71.6 Å². The van der Waals surface area contributed by atoms with Gasteiger partial charge in [0.15, 0.2) is 0 Å². The van der Waals surface area contributed by atoms with Crippen LogP contribution in [0.5, 0.6) is 0 Å². The van der Waals surface area contributed by atoms with Gasteiger partial charge in [0.25, 0.3) is 0 Å². The molecule has 1 N–H and O–H groups in total. The van der Waals surface area contributed by atoms with E-state index in [0.29, 0.717) is 12.0 Å². The molecule has 0 rings (SSSR count). The average molecular weight is 357 g/mol. The van der Waals surface area contributed by atoms with Crippen LogP contribution >= 0.6 is 0 Å². The summed E-state index contributed by atoms with van der Waals surface area (Å²) >= 11 is 0. The van der Waals surface area contributed by atoms with Crippen molar-refractivity contribution in [2.45, 2.75) is 71.6 Å². The van der Waals surface area contributed by atoms with Crippen LogP contribution in [0.3, 0.4) is 0 Å². The van der Waals surface area contributed by atoms with Gasteiger partial charge in [0.05, 0.1) is 0 Å². The van der Waals surface area contributed by atoms with Crippen LogP contribution < -0.4 is 0 Å². The number of hydrogen-bond acceptors (Lipinski definition) is 1. The van der Waals surface area contributed by atoms with Crippen molar-refractivity contribution in [3.05, 3.63) is 72.4 Å². The van der Waals surface area contributed by atoms with Gasteiger partial charge in [-0.05, 0) is 57.8 Å². The number of unbranched alkanes of at least 4 members (excludes halogenated alkanes) is 2. The molecule has 0 aromatic carbocycles. The maximum absolute atomic E-state index is 10.8. The van der Waals surface area contributed by atoms with Crippen molar-refractivity contribution in [2.24, 2.45) is 0 Å². The second kappa shape index (κ2) is 19.2. The Balaban J connectivity index is 3.63. The van der Waals surface area contributed by atoms with Crippen LogP contribution in [0.4, 0.5) is 0 Å². The number of allylic oxidation sites excluding steroid dienone is 11. The highest BCUT2D eigenvalue weighted by atomic mass is 16.4. The highest BCUT2D eigenvalue weighted by Crippen LogP contribution is 2.06. The molecule has 0 aliphatic rings. The maximum atomic E-state index is 10.8. The summed E-state index contributed by atoms with van der Waals surface area (Å²) < 4.78 is 0. The Morgan fingerprint density at radius 1 is 0.692 bits per heavy atom. The molecule has 0 fully saturated rings. The van der Waals surface area contributed by atoms with E-state index in [2.05, 4.69) is 67.7 Å². The molecule has 0 unspecified atom stereocenters. The molecule has 0 saturated carbocycles. The minimum Gasteiger partial charge on any atom is -0.478 e. The molecular weight excluding hydrogens is 320 g/mol. The molecule has 2 nitrogen and oxygen atoms in total. The summed E-state index contributed by atoms with van der Waals surface area (Å²) in [5, 5.41) is 8.92. The van der Waals surface area contributed by atoms with Gasteiger partial charge in [0, 0.05) is 5.57 Å². The van der Waals surface area contributed by atoms with Gasteiger partial charge in [-0.25, -0.2) is 4.79 Å². The van der Waals surface area contributed by atoms with Gasteiger partial charge in [-0.2, -0.15) is 0 Å². The number of carboxylic acid groups (broad SMARTS) is 1. The Hall–Kier alpha value is -2.09. The number of hydrogen-bond donors (Lipinski definition) is 1. The third kappa shape index (κ3) is 16.8. The molecule has 0 aromatic rings. The van der Waals surface area contributed by atoms with Gasteiger partial charge in [0.1, 0.15) is 0 Å². The monoisotopic (exact) mass is 356 g/mol. The summed E-state index contributed by atoms with van der Waals surface area (Å²) in [7, 11) is 0. The Kier molecular flexibility index (Phi) is 17.7. The van der Waals surface area contributed by atoms with E-state index < -0.39 is 5.97 Å². The Bertz CT molecular complexity index is 516. The summed E-state index contributed by atoms with van der Waals surface area (Å²) in [4.78, 5) is 10.8. The minimum absolute atomic E-state index is 0.522. The quantitative estimate of drug-likeness (QED) is 0.189. The van der Waals surface area contributed by atoms with E-state index in [1.54, 1.807) is 0 Å². The van der Waals surface area contributed by atoms with E-state index in [0.717, 1.165) is 51.4 Å². The Labute approximate surface area is 160 Å². The second-order valence-electron chi connectivity index (χ2n) is 6.03. The van der Waals surface area contributed by atoms with Gasteiger partial charge in [0.2, 0.25) is 0 Å². The van der Waals surface area contributed by atoms with Crippen molar-refractivity contribution in [1.29, 1.82) is 0 Å². The molecule has 26 heavy (non-hydrogen) atoms. The predicted molar refractivity (Wildman–Crippen MR) is 114 cm³/mol. The fourth-order valence-electron chi connectivity index (χ4n) is 2.26. The molecular formula is C24H36O2. The fourth-order valence-corrected chi connectivity index (χ4v) is 2.26. The van der Waals surface area contributed by atoms with Gasteiger partial charge in [-0.1, -0.05) is 80.7 Å². The molecule has 2 heteroatoms. The average Bonchev–Trinajstić information content (AvgIpc) is 2.63. The smallest absolute Gasteiger partial charge is 0.331 e. The molecule has 0 heterocycles. The molecule has 144 valence electrons. The fraction of sp³-hybridized carbons (Fsp3) is 0.458. The van der Waals surface area contributed by atoms with Gasteiger partial charge in [-0.3, -0.25) is 0 Å². The highest BCUT2D eigenvalue weighted by Gasteiger charge is 2.01. The first-order chi connectivity index (χ1) is 12.7. The SMILES string of the molecule is CC/C=C\C/C=C\C/C=C\C/C=C\C/C=C\CCC/C=C(/CC)C(=O)O. The topological polar surface area (TPSA) is 37.3 Å². The van der Waals surface area contributed by atoms with Crippen molar-refractivity contribution in [3.8, 4) is 0 Å². The van der Waals surface area contributed by atoms with Crippen molar-refractivity contribution in [2.75, 3.05) is 0 Å². The molecule has 0 bridgehead atoms. The van der Waals surface area contributed by atoms with Crippen LogP contribution in [0.2, 0.25) is 0 Å². The summed E-state index contributed by atoms with van der Waals surface area (Å²) in [5.74, 6) is -0.789. The molecule has 0 atom stereocenters. The lowest BCUT2D eigenvalue weighted by atomic mass is 10.1. The third-order valence-corrected chi connectivity index (χ3v) is 3.78. The summed E-state index contributed by atoms with van der Waals surface area (Å²) in [6, 6.07) is 0. The lowest BCUT2D eigenvalue weighted by Crippen LogP contribution is -1.98. The van der Waals surface area contributed by atoms with Crippen molar-refractivity contribution in [3.63, 3.8) is 0 Å². The van der Waals surface area contributed by atoms with E-state index in [9.17, 15) is 4.79 Å². The van der Waals surface area contributed by atoms with Crippen LogP contribution in [0.25, 0.3) is 0 Å². The van der Waals surface area contributed by atoms with E-state index in [1.165, 1.54) is 0 Å². The first kappa shape index (κ1) is 23.9. The Morgan fingerprint density at radius 3 is 1.58 bits per heavy atom. The van der Waals surface area contributed by atoms with E-state index >= 15 is 0 Å². The van der Waals surface area contributed by atoms with Crippen LogP contribution in [0.15, 0.2) is 72.4 Å². The lowest BCUT2D eigenvalue weighted by molar-refractivity contribution is -0.132. The highest BCUT2D eigenvalue weighted by molar-refractivity contribution is 5.86. The largest absolute Gasteiger partial charge is 0.478 e. The number of aliphatic carboxylic acids is 1. The van der Waals surface area contributed by atoms with Crippen molar-refractivity contribution >= 4 is 5.97 Å². The summed E-state index contributed by atoms with van der Waals surface area (Å²) in [5.41, 5.74) is 0.522. The first-order valence-corrected chi connectivity index (χ1v) is 9.89. The molecule has 0 aliphatic heterocycles. The van der Waals surface area contributed by atoms with E-state index in [-0.39, 0.29) is 0 Å². The number of carbonyl (C=O) groups is 1. The van der Waals surface area contributed by atoms with Crippen LogP contribution in [-0.4, -0.2) is 11.1 Å². The zero-order valence-electron chi connectivity index (χ0n) is 16.6. The minimum atomic E-state index is -0.789. The van der Waals surface area contributed by atoms with Crippen LogP contribution in [0, 0.1) is 0 Å². The lowest BCUT2D eigenvalue weighted by Gasteiger charge is -1.97. The number of rotatable bonds is 15. The molecule has 0 spiro atoms. The number of carboxylic acids is 1. The molecule has 0 aromatic heterocycles. The van der Waals surface area contributed by atoms with Gasteiger partial charge < -0.3 is 5.11 Å². The van der Waals surface area contributed by atoms with E-state index in [1.807, 2.05) is 13.0 Å². The summed E-state index contributed by atoms with van der Waals surface area (Å²) in [6.45, 7) is 4.03. The zero-order chi connectivity index (χ0) is 19.3. The first-order valence-electron chi connectivity index (χ1n) is 9.89. The predicted octanol–water partition coefficient (Wildman–Crippen LogP) is 7.33. The van der Waals surface area contributed by atoms with Crippen LogP contribution in [-0.2, 0) is 4.79 Å². The van der Waals surface area contributed by atoms with Gasteiger partial charge in [-0.15, -0.1) is 0 Å². The second-order valence-corrected chi connectivity index (χ2v) is 6.03. The molecule has 0 radical (unpaired) electrons. The molecule has 0 amide bonds. The normalized spacial score (nSPS) is 13.4. The van der Waals surface area contributed by atoms with E-state index in [4.69, 9.17) is 5.11 Å². The van der Waals surface area contributed by atoms with Gasteiger partial charge >= 0.3 is 5.97 Å². The maximum Gasteiger partial charge on any atom is 0.331 e. The standard InChI is InChI=1S/C24H36O2/c1-3-5-6-7-8-9-10-11-12-13-14-15-16-17-18-19-20-21-22-23(4-2)24(25)26/h5-6,8-9,11-12,14-15,17-18,22H,3-4,7,10,13,16,19-21H2,1-2H3,(H,25,26)/b6-5-,9-8-,12-11-,15-14-,18-17-,23-22-. The van der Waals surface area contributed by atoms with Crippen molar-refractivity contribution < 1.29 is 9.90 Å². The zero-order valence-corrected chi connectivity index (χ0v) is 16.6. The van der Waals surface area contributed by atoms with Crippen molar-refractivity contribution in [1.82, 2.24) is 0 Å². The Morgan fingerprint density at radius 2 is 1.15 bits per heavy atom. The third-order valence-electron chi connectivity index (χ3n) is 3.78. The molecule has 0 aliphatic carbocycles.